The van der Waals surface area contributed by atoms with E-state index in [9.17, 15) is 9.59 Å². The van der Waals surface area contributed by atoms with Gasteiger partial charge in [0.15, 0.2) is 5.82 Å². The largest absolute Gasteiger partial charge is 0.481 e. The van der Waals surface area contributed by atoms with Crippen molar-refractivity contribution in [2.75, 3.05) is 13.1 Å². The van der Waals surface area contributed by atoms with E-state index >= 15 is 0 Å². The van der Waals surface area contributed by atoms with Gasteiger partial charge in [-0.05, 0) is 19.3 Å². The minimum Gasteiger partial charge on any atom is -0.481 e. The van der Waals surface area contributed by atoms with Crippen LogP contribution in [0.4, 0.5) is 0 Å². The van der Waals surface area contributed by atoms with Crippen LogP contribution in [-0.2, 0) is 21.4 Å². The van der Waals surface area contributed by atoms with Crippen molar-refractivity contribution in [2.45, 2.75) is 58.3 Å². The third-order valence-electron chi connectivity index (χ3n) is 4.12. The van der Waals surface area contributed by atoms with E-state index in [1.165, 1.54) is 0 Å². The van der Waals surface area contributed by atoms with Crippen LogP contribution >= 0.6 is 0 Å². The molecule has 23 heavy (non-hydrogen) atoms. The molecule has 1 aromatic rings. The molecule has 0 radical (unpaired) electrons. The predicted molar refractivity (Wildman–Crippen MR) is 82.9 cm³/mol. The lowest BCUT2D eigenvalue weighted by Gasteiger charge is -2.30. The molecule has 7 nitrogen and oxygen atoms in total. The Morgan fingerprint density at radius 1 is 1.30 bits per heavy atom. The third kappa shape index (κ3) is 4.77. The summed E-state index contributed by atoms with van der Waals surface area (Å²) in [5.74, 6) is 0.239. The predicted octanol–water partition coefficient (Wildman–Crippen LogP) is 2.01. The number of carbonyl (C=O) groups excluding carboxylic acids is 1. The van der Waals surface area contributed by atoms with Gasteiger partial charge in [0, 0.05) is 31.3 Å². The summed E-state index contributed by atoms with van der Waals surface area (Å²) in [5, 5.41) is 12.9. The lowest BCUT2D eigenvalue weighted by atomic mass is 9.96. The topological polar surface area (TPSA) is 96.5 Å². The van der Waals surface area contributed by atoms with Gasteiger partial charge in [-0.2, -0.15) is 4.98 Å². The third-order valence-corrected chi connectivity index (χ3v) is 4.12. The molecule has 2 heterocycles. The van der Waals surface area contributed by atoms with Gasteiger partial charge in [-0.3, -0.25) is 9.59 Å². The summed E-state index contributed by atoms with van der Waals surface area (Å²) in [6, 6.07) is 0. The highest BCUT2D eigenvalue weighted by molar-refractivity contribution is 5.77. The van der Waals surface area contributed by atoms with Gasteiger partial charge in [-0.25, -0.2) is 0 Å². The monoisotopic (exact) mass is 323 g/mol. The molecule has 1 aliphatic heterocycles. The highest BCUT2D eigenvalue weighted by atomic mass is 16.5. The minimum absolute atomic E-state index is 0.0735. The SMILES string of the molecule is CC(C)(C)c1noc(CCCC(=O)N2CCC(C(=O)O)CC2)n1. The molecule has 0 spiro atoms. The number of piperidine rings is 1. The molecule has 2 rings (SSSR count). The Labute approximate surface area is 136 Å². The number of aryl methyl sites for hydroxylation is 1. The summed E-state index contributed by atoms with van der Waals surface area (Å²) < 4.78 is 5.21. The van der Waals surface area contributed by atoms with Gasteiger partial charge in [-0.15, -0.1) is 0 Å². The number of amides is 1. The van der Waals surface area contributed by atoms with Gasteiger partial charge in [0.2, 0.25) is 11.8 Å². The molecule has 7 heteroatoms. The van der Waals surface area contributed by atoms with Gasteiger partial charge in [0.1, 0.15) is 0 Å². The van der Waals surface area contributed by atoms with Gasteiger partial charge in [0.05, 0.1) is 5.92 Å². The van der Waals surface area contributed by atoms with Crippen LogP contribution in [0.25, 0.3) is 0 Å². The van der Waals surface area contributed by atoms with E-state index in [1.807, 2.05) is 20.8 Å². The van der Waals surface area contributed by atoms with Crippen LogP contribution in [0.2, 0.25) is 0 Å². The maximum Gasteiger partial charge on any atom is 0.306 e. The second-order valence-corrected chi connectivity index (χ2v) is 7.11. The average Bonchev–Trinajstić information content (AvgIpc) is 2.96. The molecule has 128 valence electrons. The van der Waals surface area contributed by atoms with Crippen molar-refractivity contribution in [1.29, 1.82) is 0 Å². The fraction of sp³-hybridized carbons (Fsp3) is 0.750. The maximum absolute atomic E-state index is 12.1. The first-order valence-corrected chi connectivity index (χ1v) is 8.11. The highest BCUT2D eigenvalue weighted by Gasteiger charge is 2.26. The van der Waals surface area contributed by atoms with Crippen molar-refractivity contribution in [2.24, 2.45) is 5.92 Å². The molecule has 1 amide bonds. The van der Waals surface area contributed by atoms with Crippen molar-refractivity contribution >= 4 is 11.9 Å². The zero-order valence-electron chi connectivity index (χ0n) is 14.0. The number of nitrogens with zero attached hydrogens (tertiary/aromatic N) is 3. The number of carboxylic acid groups (broad SMARTS) is 1. The van der Waals surface area contributed by atoms with Crippen molar-refractivity contribution in [3.8, 4) is 0 Å². The maximum atomic E-state index is 12.1. The van der Waals surface area contributed by atoms with E-state index in [0.717, 1.165) is 0 Å². The standard InChI is InChI=1S/C16H25N3O4/c1-16(2,3)15-17-12(23-18-15)5-4-6-13(20)19-9-7-11(8-10-19)14(21)22/h11H,4-10H2,1-3H3,(H,21,22). The van der Waals surface area contributed by atoms with Crippen molar-refractivity contribution in [3.63, 3.8) is 0 Å². The van der Waals surface area contributed by atoms with Crippen LogP contribution in [-0.4, -0.2) is 45.1 Å². The Morgan fingerprint density at radius 2 is 1.96 bits per heavy atom. The molecule has 0 unspecified atom stereocenters. The number of carboxylic acids is 1. The summed E-state index contributed by atoms with van der Waals surface area (Å²) in [5.41, 5.74) is -0.147. The van der Waals surface area contributed by atoms with E-state index in [-0.39, 0.29) is 17.2 Å². The van der Waals surface area contributed by atoms with Crippen LogP contribution in [0, 0.1) is 5.92 Å². The lowest BCUT2D eigenvalue weighted by molar-refractivity contribution is -0.145. The van der Waals surface area contributed by atoms with Crippen molar-refractivity contribution in [1.82, 2.24) is 15.0 Å². The molecule has 1 fully saturated rings. The van der Waals surface area contributed by atoms with E-state index in [1.54, 1.807) is 4.90 Å². The highest BCUT2D eigenvalue weighted by Crippen LogP contribution is 2.20. The molecule has 0 bridgehead atoms. The smallest absolute Gasteiger partial charge is 0.306 e. The van der Waals surface area contributed by atoms with E-state index in [4.69, 9.17) is 9.63 Å². The summed E-state index contributed by atoms with van der Waals surface area (Å²) in [6.07, 6.45) is 2.74. The first kappa shape index (κ1) is 17.4. The molecule has 1 N–H and O–H groups in total. The summed E-state index contributed by atoms with van der Waals surface area (Å²) >= 11 is 0. The Balaban J connectivity index is 1.73. The molecule has 0 atom stereocenters. The number of hydrogen-bond acceptors (Lipinski definition) is 5. The number of hydrogen-bond donors (Lipinski definition) is 1. The van der Waals surface area contributed by atoms with Crippen molar-refractivity contribution < 1.29 is 19.2 Å². The summed E-state index contributed by atoms with van der Waals surface area (Å²) in [4.78, 5) is 29.2. The number of rotatable bonds is 5. The fourth-order valence-electron chi connectivity index (χ4n) is 2.59. The molecule has 0 aliphatic carbocycles. The van der Waals surface area contributed by atoms with Crippen LogP contribution in [0.5, 0.6) is 0 Å². The molecule has 1 aliphatic rings. The normalized spacial score (nSPS) is 16.6. The number of carbonyl (C=O) groups is 2. The molecule has 0 saturated carbocycles. The van der Waals surface area contributed by atoms with E-state index < -0.39 is 5.97 Å². The van der Waals surface area contributed by atoms with Crippen LogP contribution in [0.15, 0.2) is 4.52 Å². The van der Waals surface area contributed by atoms with E-state index in [0.29, 0.717) is 56.9 Å². The Morgan fingerprint density at radius 3 is 2.48 bits per heavy atom. The number of likely N-dealkylation sites (tertiary alicyclic amines) is 1. The first-order valence-electron chi connectivity index (χ1n) is 8.11. The number of aromatic nitrogens is 2. The van der Waals surface area contributed by atoms with Gasteiger partial charge in [0.25, 0.3) is 0 Å². The van der Waals surface area contributed by atoms with Crippen molar-refractivity contribution in [3.05, 3.63) is 11.7 Å². The van der Waals surface area contributed by atoms with Gasteiger partial charge >= 0.3 is 5.97 Å². The van der Waals surface area contributed by atoms with Crippen LogP contribution in [0.1, 0.15) is 58.2 Å². The molecular formula is C16H25N3O4. The Hall–Kier alpha value is -1.92. The zero-order chi connectivity index (χ0) is 17.0. The summed E-state index contributed by atoms with van der Waals surface area (Å²) in [6.45, 7) is 7.12. The quantitative estimate of drug-likeness (QED) is 0.890. The lowest BCUT2D eigenvalue weighted by Crippen LogP contribution is -2.40. The molecule has 1 aromatic heterocycles. The van der Waals surface area contributed by atoms with Gasteiger partial charge in [-0.1, -0.05) is 25.9 Å². The average molecular weight is 323 g/mol. The number of aliphatic carboxylic acids is 1. The first-order chi connectivity index (χ1) is 10.8. The van der Waals surface area contributed by atoms with Crippen LogP contribution < -0.4 is 0 Å². The second kappa shape index (κ2) is 7.10. The fourth-order valence-corrected chi connectivity index (χ4v) is 2.59. The second-order valence-electron chi connectivity index (χ2n) is 7.11. The Kier molecular flexibility index (Phi) is 5.38. The molecule has 0 aromatic carbocycles. The van der Waals surface area contributed by atoms with Gasteiger partial charge < -0.3 is 14.5 Å². The minimum atomic E-state index is -0.761. The van der Waals surface area contributed by atoms with Crippen LogP contribution in [0.3, 0.4) is 0 Å². The summed E-state index contributed by atoms with van der Waals surface area (Å²) in [7, 11) is 0. The molecular weight excluding hydrogens is 298 g/mol. The Bertz CT molecular complexity index is 554. The molecule has 1 saturated heterocycles. The zero-order valence-corrected chi connectivity index (χ0v) is 14.0. The van der Waals surface area contributed by atoms with E-state index in [2.05, 4.69) is 10.1 Å².